The van der Waals surface area contributed by atoms with Gasteiger partial charge in [0, 0.05) is 28.8 Å². The number of likely N-dealkylation sites (N-methyl/N-ethyl adjacent to an activating group) is 1. The van der Waals surface area contributed by atoms with Gasteiger partial charge in [0.2, 0.25) is 11.8 Å². The highest BCUT2D eigenvalue weighted by molar-refractivity contribution is 9.10. The summed E-state index contributed by atoms with van der Waals surface area (Å²) in [4.78, 5) is 26.0. The third-order valence-electron chi connectivity index (χ3n) is 4.29. The lowest BCUT2D eigenvalue weighted by Crippen LogP contribution is -2.34. The molecule has 0 bridgehead atoms. The number of hydrogen-bond acceptors (Lipinski definition) is 3. The van der Waals surface area contributed by atoms with Crippen molar-refractivity contribution in [2.75, 3.05) is 18.9 Å². The summed E-state index contributed by atoms with van der Waals surface area (Å²) >= 11 is 3.25. The molecule has 0 aromatic heterocycles. The van der Waals surface area contributed by atoms with E-state index in [1.165, 1.54) is 30.2 Å². The summed E-state index contributed by atoms with van der Waals surface area (Å²) in [7, 11) is 1.48. The van der Waals surface area contributed by atoms with Crippen molar-refractivity contribution in [2.45, 2.75) is 27.4 Å². The Balaban J connectivity index is 2.05. The number of nitrogens with one attached hydrogen (secondary N) is 1. The smallest absolute Gasteiger partial charge is 0.387 e. The average Bonchev–Trinajstić information content (AvgIpc) is 2.64. The fourth-order valence-electron chi connectivity index (χ4n) is 2.99. The Kier molecular flexibility index (Phi) is 8.11. The first-order valence-corrected chi connectivity index (χ1v) is 9.91. The minimum absolute atomic E-state index is 0.0528. The van der Waals surface area contributed by atoms with E-state index in [1.807, 2.05) is 32.9 Å². The van der Waals surface area contributed by atoms with Crippen LogP contribution in [0.4, 0.5) is 14.5 Å². The lowest BCUT2D eigenvalue weighted by molar-refractivity contribution is -0.129. The molecule has 2 aromatic rings. The van der Waals surface area contributed by atoms with Gasteiger partial charge in [-0.25, -0.2) is 0 Å². The van der Waals surface area contributed by atoms with Crippen LogP contribution in [0.25, 0.3) is 6.08 Å². The first kappa shape index (κ1) is 23.5. The van der Waals surface area contributed by atoms with Crippen LogP contribution >= 0.6 is 15.9 Å². The van der Waals surface area contributed by atoms with Crippen LogP contribution in [0.15, 0.2) is 40.9 Å². The highest BCUT2D eigenvalue weighted by Crippen LogP contribution is 2.26. The molecule has 160 valence electrons. The van der Waals surface area contributed by atoms with E-state index in [9.17, 15) is 18.4 Å². The van der Waals surface area contributed by atoms with Gasteiger partial charge >= 0.3 is 6.61 Å². The number of carbonyl (C=O) groups is 2. The Labute approximate surface area is 182 Å². The van der Waals surface area contributed by atoms with Crippen LogP contribution in [0.5, 0.6) is 5.75 Å². The van der Waals surface area contributed by atoms with E-state index in [-0.39, 0.29) is 18.2 Å². The Bertz CT molecular complexity index is 954. The van der Waals surface area contributed by atoms with E-state index in [0.717, 1.165) is 22.4 Å². The summed E-state index contributed by atoms with van der Waals surface area (Å²) in [5.41, 5.74) is 4.02. The highest BCUT2D eigenvalue weighted by Gasteiger charge is 2.14. The van der Waals surface area contributed by atoms with E-state index in [0.29, 0.717) is 10.0 Å². The van der Waals surface area contributed by atoms with Crippen molar-refractivity contribution in [3.05, 3.63) is 63.1 Å². The largest absolute Gasteiger partial charge is 0.434 e. The second-order valence-corrected chi connectivity index (χ2v) is 7.83. The van der Waals surface area contributed by atoms with Gasteiger partial charge in [0.1, 0.15) is 5.75 Å². The van der Waals surface area contributed by atoms with E-state index in [4.69, 9.17) is 0 Å². The van der Waals surface area contributed by atoms with Crippen molar-refractivity contribution in [1.29, 1.82) is 0 Å². The zero-order chi connectivity index (χ0) is 22.4. The first-order chi connectivity index (χ1) is 14.1. The van der Waals surface area contributed by atoms with E-state index in [2.05, 4.69) is 26.0 Å². The summed E-state index contributed by atoms with van der Waals surface area (Å²) in [6.07, 6.45) is 2.57. The maximum atomic E-state index is 12.6. The second kappa shape index (κ2) is 10.3. The fraction of sp³-hybridized carbons (Fsp3) is 0.273. The molecule has 8 heteroatoms. The van der Waals surface area contributed by atoms with Crippen molar-refractivity contribution in [2.24, 2.45) is 0 Å². The number of nitrogens with zero attached hydrogens (tertiary/aromatic N) is 1. The average molecular weight is 481 g/mol. The number of benzene rings is 2. The number of anilines is 1. The van der Waals surface area contributed by atoms with Crippen molar-refractivity contribution >= 4 is 39.5 Å². The van der Waals surface area contributed by atoms with Crippen LogP contribution in [-0.2, 0) is 9.59 Å². The van der Waals surface area contributed by atoms with Crippen molar-refractivity contribution in [3.8, 4) is 5.75 Å². The van der Waals surface area contributed by atoms with Crippen LogP contribution in [0.3, 0.4) is 0 Å². The van der Waals surface area contributed by atoms with E-state index >= 15 is 0 Å². The van der Waals surface area contributed by atoms with Crippen molar-refractivity contribution in [1.82, 2.24) is 4.90 Å². The van der Waals surface area contributed by atoms with Gasteiger partial charge in [-0.1, -0.05) is 33.6 Å². The van der Waals surface area contributed by atoms with Crippen molar-refractivity contribution < 1.29 is 23.1 Å². The number of carbonyl (C=O) groups excluding carboxylic acids is 2. The molecule has 0 heterocycles. The zero-order valence-electron chi connectivity index (χ0n) is 17.1. The molecule has 30 heavy (non-hydrogen) atoms. The summed E-state index contributed by atoms with van der Waals surface area (Å²) in [5.74, 6) is -0.841. The highest BCUT2D eigenvalue weighted by atomic mass is 79.9. The molecular formula is C22H23BrF2N2O3. The van der Waals surface area contributed by atoms with Crippen LogP contribution in [0.1, 0.15) is 22.3 Å². The van der Waals surface area contributed by atoms with E-state index < -0.39 is 12.5 Å². The monoisotopic (exact) mass is 480 g/mol. The minimum atomic E-state index is -2.98. The molecule has 0 radical (unpaired) electrons. The maximum absolute atomic E-state index is 12.6. The van der Waals surface area contributed by atoms with Gasteiger partial charge in [-0.15, -0.1) is 0 Å². The van der Waals surface area contributed by atoms with Crippen molar-refractivity contribution in [3.63, 3.8) is 0 Å². The Morgan fingerprint density at radius 2 is 1.80 bits per heavy atom. The number of aryl methyl sites for hydroxylation is 3. The maximum Gasteiger partial charge on any atom is 0.387 e. The zero-order valence-corrected chi connectivity index (χ0v) is 18.7. The van der Waals surface area contributed by atoms with Gasteiger partial charge in [-0.05, 0) is 56.2 Å². The number of halogens is 3. The molecule has 0 aliphatic carbocycles. The number of hydrogen-bond donors (Lipinski definition) is 1. The van der Waals surface area contributed by atoms with Gasteiger partial charge in [0.05, 0.1) is 6.54 Å². The van der Waals surface area contributed by atoms with Crippen LogP contribution in [0.2, 0.25) is 0 Å². The minimum Gasteiger partial charge on any atom is -0.434 e. The van der Waals surface area contributed by atoms with Gasteiger partial charge < -0.3 is 15.0 Å². The molecule has 0 aliphatic rings. The molecular weight excluding hydrogens is 458 g/mol. The summed E-state index contributed by atoms with van der Waals surface area (Å²) < 4.78 is 30.2. The molecule has 0 saturated carbocycles. The van der Waals surface area contributed by atoms with Crippen LogP contribution in [0, 0.1) is 20.8 Å². The predicted octanol–water partition coefficient (Wildman–Crippen LogP) is 5.09. The molecule has 2 aromatic carbocycles. The third-order valence-corrected chi connectivity index (χ3v) is 4.79. The summed E-state index contributed by atoms with van der Waals surface area (Å²) in [6, 6.07) is 8.43. The number of amides is 2. The van der Waals surface area contributed by atoms with Gasteiger partial charge in [0.15, 0.2) is 0 Å². The molecule has 0 atom stereocenters. The van der Waals surface area contributed by atoms with Gasteiger partial charge in [-0.2, -0.15) is 8.78 Å². The second-order valence-electron chi connectivity index (χ2n) is 6.91. The Hall–Kier alpha value is -2.74. The van der Waals surface area contributed by atoms with E-state index in [1.54, 1.807) is 12.1 Å². The lowest BCUT2D eigenvalue weighted by atomic mass is 10.1. The molecule has 0 aliphatic heterocycles. The van der Waals surface area contributed by atoms with Gasteiger partial charge in [0.25, 0.3) is 0 Å². The molecule has 5 nitrogen and oxygen atoms in total. The lowest BCUT2D eigenvalue weighted by Gasteiger charge is -2.17. The molecule has 0 saturated heterocycles. The van der Waals surface area contributed by atoms with Crippen LogP contribution in [-0.4, -0.2) is 36.9 Å². The number of alkyl halides is 2. The first-order valence-electron chi connectivity index (χ1n) is 9.12. The molecule has 0 spiro atoms. The Morgan fingerprint density at radius 3 is 2.40 bits per heavy atom. The summed E-state index contributed by atoms with van der Waals surface area (Å²) in [5, 5.41) is 2.84. The fourth-order valence-corrected chi connectivity index (χ4v) is 3.37. The standard InChI is InChI=1S/C22H23BrF2N2O3/c1-13-9-14(2)21(15(3)10-13)26-19(28)12-27(4)20(29)8-5-16-11-17(23)6-7-18(16)30-22(24)25/h5-11,22H,12H2,1-4H3,(H,26,28)/b8-5+. The number of rotatable bonds is 7. The molecule has 2 rings (SSSR count). The topological polar surface area (TPSA) is 58.6 Å². The van der Waals surface area contributed by atoms with Gasteiger partial charge in [-0.3, -0.25) is 9.59 Å². The van der Waals surface area contributed by atoms with Crippen LogP contribution < -0.4 is 10.1 Å². The molecule has 0 unspecified atom stereocenters. The third kappa shape index (κ3) is 6.66. The quantitative estimate of drug-likeness (QED) is 0.561. The molecule has 0 fully saturated rings. The SMILES string of the molecule is Cc1cc(C)c(NC(=O)CN(C)C(=O)/C=C/c2cc(Br)ccc2OC(F)F)c(C)c1. The normalized spacial score (nSPS) is 11.1. The number of ether oxygens (including phenoxy) is 1. The predicted molar refractivity (Wildman–Crippen MR) is 117 cm³/mol. The molecule has 1 N–H and O–H groups in total. The summed E-state index contributed by atoms with van der Waals surface area (Å²) in [6.45, 7) is 2.66. The molecule has 2 amide bonds. The Morgan fingerprint density at radius 1 is 1.17 bits per heavy atom.